The van der Waals surface area contributed by atoms with Gasteiger partial charge in [0.05, 0.1) is 6.42 Å². The highest BCUT2D eigenvalue weighted by Crippen LogP contribution is 2.16. The van der Waals surface area contributed by atoms with E-state index in [2.05, 4.69) is 15.6 Å². The Morgan fingerprint density at radius 2 is 1.89 bits per heavy atom. The molecule has 1 heterocycles. The molecule has 0 unspecified atom stereocenters. The number of nitrogens with zero attached hydrogens (tertiary/aromatic N) is 3. The molecule has 0 bridgehead atoms. The number of aryl methyl sites for hydroxylation is 2. The summed E-state index contributed by atoms with van der Waals surface area (Å²) < 4.78 is 1.51. The third-order valence-electron chi connectivity index (χ3n) is 4.07. The molecule has 8 heteroatoms. The normalized spacial score (nSPS) is 10.4. The topological polar surface area (TPSA) is 96.3 Å². The van der Waals surface area contributed by atoms with Crippen molar-refractivity contribution in [1.82, 2.24) is 19.8 Å². The van der Waals surface area contributed by atoms with Gasteiger partial charge in [-0.3, -0.25) is 9.36 Å². The number of para-hydroxylation sites is 1. The standard InChI is InChI=1S/C19H25N5O3/c1-13-11-14(2)24(19(27)21-13)10-9-20-18(26)22-16-8-6-5-7-15(16)12-17(25)23(3)4/h5-8,11H,9-10,12H2,1-4H3,(H2,20,22,26). The number of anilines is 1. The molecule has 2 N–H and O–H groups in total. The summed E-state index contributed by atoms with van der Waals surface area (Å²) in [6.45, 7) is 4.19. The Balaban J connectivity index is 1.95. The van der Waals surface area contributed by atoms with Crippen LogP contribution in [0.4, 0.5) is 10.5 Å². The van der Waals surface area contributed by atoms with E-state index < -0.39 is 6.03 Å². The largest absolute Gasteiger partial charge is 0.349 e. The van der Waals surface area contributed by atoms with Crippen LogP contribution in [0.25, 0.3) is 0 Å². The number of rotatable bonds is 6. The van der Waals surface area contributed by atoms with E-state index in [0.717, 1.165) is 11.3 Å². The van der Waals surface area contributed by atoms with Crippen LogP contribution >= 0.6 is 0 Å². The van der Waals surface area contributed by atoms with Gasteiger partial charge in [0.1, 0.15) is 0 Å². The van der Waals surface area contributed by atoms with Crippen LogP contribution in [0.5, 0.6) is 0 Å². The van der Waals surface area contributed by atoms with Crippen LogP contribution < -0.4 is 16.3 Å². The molecule has 27 heavy (non-hydrogen) atoms. The summed E-state index contributed by atoms with van der Waals surface area (Å²) in [6, 6.07) is 8.58. The Bertz CT molecular complexity index is 889. The Morgan fingerprint density at radius 1 is 1.19 bits per heavy atom. The molecule has 144 valence electrons. The van der Waals surface area contributed by atoms with Gasteiger partial charge in [-0.25, -0.2) is 9.59 Å². The monoisotopic (exact) mass is 371 g/mol. The molecule has 2 rings (SSSR count). The SMILES string of the molecule is Cc1cc(C)n(CCNC(=O)Nc2ccccc2CC(=O)N(C)C)c(=O)n1. The van der Waals surface area contributed by atoms with Crippen molar-refractivity contribution in [2.24, 2.45) is 0 Å². The van der Waals surface area contributed by atoms with Gasteiger partial charge < -0.3 is 15.5 Å². The zero-order chi connectivity index (χ0) is 20.0. The zero-order valence-corrected chi connectivity index (χ0v) is 16.1. The summed E-state index contributed by atoms with van der Waals surface area (Å²) >= 11 is 0. The minimum atomic E-state index is -0.398. The lowest BCUT2D eigenvalue weighted by Gasteiger charge is -2.15. The lowest BCUT2D eigenvalue weighted by molar-refractivity contribution is -0.127. The highest BCUT2D eigenvalue weighted by molar-refractivity contribution is 5.91. The Hall–Kier alpha value is -3.16. The molecule has 1 aromatic heterocycles. The van der Waals surface area contributed by atoms with Crippen molar-refractivity contribution in [2.45, 2.75) is 26.8 Å². The number of carbonyl (C=O) groups is 2. The molecule has 3 amide bonds. The van der Waals surface area contributed by atoms with E-state index in [1.807, 2.05) is 19.1 Å². The van der Waals surface area contributed by atoms with Crippen molar-refractivity contribution >= 4 is 17.6 Å². The predicted molar refractivity (Wildman–Crippen MR) is 104 cm³/mol. The van der Waals surface area contributed by atoms with Crippen LogP contribution in [-0.4, -0.2) is 47.0 Å². The van der Waals surface area contributed by atoms with Crippen molar-refractivity contribution in [3.8, 4) is 0 Å². The van der Waals surface area contributed by atoms with Crippen molar-refractivity contribution in [3.05, 3.63) is 57.8 Å². The molecule has 0 fully saturated rings. The van der Waals surface area contributed by atoms with Crippen LogP contribution in [-0.2, 0) is 17.8 Å². The maximum absolute atomic E-state index is 12.2. The van der Waals surface area contributed by atoms with Crippen molar-refractivity contribution in [1.29, 1.82) is 0 Å². The maximum Gasteiger partial charge on any atom is 0.348 e. The average molecular weight is 371 g/mol. The van der Waals surface area contributed by atoms with E-state index in [1.165, 1.54) is 9.47 Å². The summed E-state index contributed by atoms with van der Waals surface area (Å²) in [5.41, 5.74) is 2.45. The minimum absolute atomic E-state index is 0.0496. The quantitative estimate of drug-likeness (QED) is 0.800. The van der Waals surface area contributed by atoms with E-state index in [0.29, 0.717) is 17.9 Å². The van der Waals surface area contributed by atoms with Crippen LogP contribution in [0.3, 0.4) is 0 Å². The van der Waals surface area contributed by atoms with Crippen molar-refractivity contribution < 1.29 is 9.59 Å². The second-order valence-corrected chi connectivity index (χ2v) is 6.48. The average Bonchev–Trinajstić information content (AvgIpc) is 2.58. The highest BCUT2D eigenvalue weighted by Gasteiger charge is 2.11. The summed E-state index contributed by atoms with van der Waals surface area (Å²) in [5.74, 6) is -0.0496. The molecule has 0 aliphatic heterocycles. The molecule has 8 nitrogen and oxygen atoms in total. The van der Waals surface area contributed by atoms with Gasteiger partial charge in [-0.1, -0.05) is 18.2 Å². The Morgan fingerprint density at radius 3 is 2.56 bits per heavy atom. The molecular weight excluding hydrogens is 346 g/mol. The molecule has 0 spiro atoms. The predicted octanol–water partition coefficient (Wildman–Crippen LogP) is 1.31. The van der Waals surface area contributed by atoms with Gasteiger partial charge in [-0.2, -0.15) is 4.98 Å². The third kappa shape index (κ3) is 5.67. The number of amides is 3. The van der Waals surface area contributed by atoms with E-state index in [-0.39, 0.29) is 24.6 Å². The minimum Gasteiger partial charge on any atom is -0.349 e. The Kier molecular flexibility index (Phi) is 6.70. The molecule has 2 aromatic rings. The number of hydrogen-bond acceptors (Lipinski definition) is 4. The van der Waals surface area contributed by atoms with Gasteiger partial charge >= 0.3 is 11.7 Å². The van der Waals surface area contributed by atoms with Gasteiger partial charge in [0.15, 0.2) is 0 Å². The first-order chi connectivity index (χ1) is 12.8. The lowest BCUT2D eigenvalue weighted by Crippen LogP contribution is -2.35. The van der Waals surface area contributed by atoms with Crippen LogP contribution in [0.15, 0.2) is 35.1 Å². The first-order valence-electron chi connectivity index (χ1n) is 8.66. The van der Waals surface area contributed by atoms with Gasteiger partial charge in [-0.15, -0.1) is 0 Å². The van der Waals surface area contributed by atoms with E-state index in [9.17, 15) is 14.4 Å². The molecular formula is C19H25N5O3. The third-order valence-corrected chi connectivity index (χ3v) is 4.07. The number of likely N-dealkylation sites (N-methyl/N-ethyl adjacent to an activating group) is 1. The second kappa shape index (κ2) is 8.98. The van der Waals surface area contributed by atoms with E-state index in [1.54, 1.807) is 39.2 Å². The van der Waals surface area contributed by atoms with Crippen LogP contribution in [0.2, 0.25) is 0 Å². The number of urea groups is 1. The fraction of sp³-hybridized carbons (Fsp3) is 0.368. The lowest BCUT2D eigenvalue weighted by atomic mass is 10.1. The van der Waals surface area contributed by atoms with Crippen LogP contribution in [0, 0.1) is 13.8 Å². The first kappa shape index (κ1) is 20.2. The number of hydrogen-bond donors (Lipinski definition) is 2. The molecule has 0 saturated carbocycles. The fourth-order valence-electron chi connectivity index (χ4n) is 2.61. The summed E-state index contributed by atoms with van der Waals surface area (Å²) in [6.07, 6.45) is 0.201. The molecule has 0 aliphatic rings. The fourth-order valence-corrected chi connectivity index (χ4v) is 2.61. The van der Waals surface area contributed by atoms with Crippen molar-refractivity contribution in [2.75, 3.05) is 26.0 Å². The number of carbonyl (C=O) groups excluding carboxylic acids is 2. The van der Waals surface area contributed by atoms with Crippen LogP contribution in [0.1, 0.15) is 17.0 Å². The van der Waals surface area contributed by atoms with Gasteiger partial charge in [-0.05, 0) is 31.5 Å². The first-order valence-corrected chi connectivity index (χ1v) is 8.66. The summed E-state index contributed by atoms with van der Waals surface area (Å²) in [4.78, 5) is 41.4. The smallest absolute Gasteiger partial charge is 0.348 e. The maximum atomic E-state index is 12.2. The molecule has 1 aromatic carbocycles. The number of nitrogens with one attached hydrogen (secondary N) is 2. The van der Waals surface area contributed by atoms with Crippen molar-refractivity contribution in [3.63, 3.8) is 0 Å². The molecule has 0 aliphatic carbocycles. The molecule has 0 radical (unpaired) electrons. The highest BCUT2D eigenvalue weighted by atomic mass is 16.2. The molecule has 0 atom stereocenters. The van der Waals surface area contributed by atoms with Gasteiger partial charge in [0, 0.05) is 44.3 Å². The second-order valence-electron chi connectivity index (χ2n) is 6.48. The van der Waals surface area contributed by atoms with Gasteiger partial charge in [0.25, 0.3) is 0 Å². The van der Waals surface area contributed by atoms with E-state index in [4.69, 9.17) is 0 Å². The van der Waals surface area contributed by atoms with E-state index >= 15 is 0 Å². The number of aromatic nitrogens is 2. The molecule has 0 saturated heterocycles. The zero-order valence-electron chi connectivity index (χ0n) is 16.1. The number of benzene rings is 1. The summed E-state index contributed by atoms with van der Waals surface area (Å²) in [5, 5.41) is 5.47. The van der Waals surface area contributed by atoms with Gasteiger partial charge in [0.2, 0.25) is 5.91 Å². The Labute approximate surface area is 158 Å². The summed E-state index contributed by atoms with van der Waals surface area (Å²) in [7, 11) is 3.38.